The summed E-state index contributed by atoms with van der Waals surface area (Å²) in [6.45, 7) is 12.8. The van der Waals surface area contributed by atoms with Gasteiger partial charge in [0.1, 0.15) is 0 Å². The van der Waals surface area contributed by atoms with E-state index in [0.717, 1.165) is 51.2 Å². The Morgan fingerprint density at radius 1 is 1.20 bits per heavy atom. The standard InChI is InChI=1S/C21H37N7O2/c1-4-22-20(23-10-6-16-30-17-18(2)3)24-11-7-19(29)27-12-14-28(15-13-27)21-25-8-5-9-26-21/h5,8-9,18H,4,6-7,10-17H2,1-3H3,(H2,22,23,24). The van der Waals surface area contributed by atoms with Gasteiger partial charge in [-0.15, -0.1) is 0 Å². The minimum absolute atomic E-state index is 0.161. The van der Waals surface area contributed by atoms with Crippen molar-refractivity contribution in [2.24, 2.45) is 10.9 Å². The molecule has 2 rings (SSSR count). The van der Waals surface area contributed by atoms with E-state index in [9.17, 15) is 4.79 Å². The quantitative estimate of drug-likeness (QED) is 0.315. The molecule has 9 heteroatoms. The third kappa shape index (κ3) is 8.94. The highest BCUT2D eigenvalue weighted by Gasteiger charge is 2.22. The zero-order valence-corrected chi connectivity index (χ0v) is 18.6. The molecule has 0 spiro atoms. The third-order valence-corrected chi connectivity index (χ3v) is 4.61. The van der Waals surface area contributed by atoms with Crippen LogP contribution in [0.2, 0.25) is 0 Å². The molecular formula is C21H37N7O2. The van der Waals surface area contributed by atoms with Gasteiger partial charge in [0, 0.05) is 77.8 Å². The van der Waals surface area contributed by atoms with Gasteiger partial charge in [0.05, 0.1) is 0 Å². The van der Waals surface area contributed by atoms with E-state index >= 15 is 0 Å². The Hall–Kier alpha value is -2.42. The monoisotopic (exact) mass is 419 g/mol. The number of rotatable bonds is 11. The van der Waals surface area contributed by atoms with Crippen molar-refractivity contribution >= 4 is 17.8 Å². The normalized spacial score (nSPS) is 14.9. The summed E-state index contributed by atoms with van der Waals surface area (Å²) >= 11 is 0. The van der Waals surface area contributed by atoms with Gasteiger partial charge in [-0.05, 0) is 25.3 Å². The second-order valence-corrected chi connectivity index (χ2v) is 7.68. The van der Waals surface area contributed by atoms with E-state index in [0.29, 0.717) is 38.5 Å². The second kappa shape index (κ2) is 13.7. The summed E-state index contributed by atoms with van der Waals surface area (Å²) in [5.74, 6) is 2.20. The lowest BCUT2D eigenvalue weighted by Crippen LogP contribution is -2.50. The van der Waals surface area contributed by atoms with Gasteiger partial charge in [-0.3, -0.25) is 9.79 Å². The van der Waals surface area contributed by atoms with E-state index in [1.165, 1.54) is 0 Å². The molecule has 1 aliphatic heterocycles. The number of amides is 1. The van der Waals surface area contributed by atoms with Crippen LogP contribution in [0.4, 0.5) is 5.95 Å². The molecule has 0 aliphatic carbocycles. The van der Waals surface area contributed by atoms with E-state index in [1.807, 2.05) is 17.9 Å². The predicted octanol–water partition coefficient (Wildman–Crippen LogP) is 1.13. The van der Waals surface area contributed by atoms with Gasteiger partial charge in [-0.25, -0.2) is 9.97 Å². The van der Waals surface area contributed by atoms with Crippen molar-refractivity contribution in [3.05, 3.63) is 18.5 Å². The number of piperazine rings is 1. The molecule has 0 bridgehead atoms. The van der Waals surface area contributed by atoms with Crippen molar-refractivity contribution < 1.29 is 9.53 Å². The molecule has 1 aliphatic rings. The molecule has 0 atom stereocenters. The van der Waals surface area contributed by atoms with Crippen LogP contribution in [0.25, 0.3) is 0 Å². The lowest BCUT2D eigenvalue weighted by Gasteiger charge is -2.34. The fraction of sp³-hybridized carbons (Fsp3) is 0.714. The van der Waals surface area contributed by atoms with Gasteiger partial charge in [0.2, 0.25) is 11.9 Å². The smallest absolute Gasteiger partial charge is 0.225 e. The molecule has 2 heterocycles. The van der Waals surface area contributed by atoms with Crippen molar-refractivity contribution in [1.82, 2.24) is 25.5 Å². The summed E-state index contributed by atoms with van der Waals surface area (Å²) in [6.07, 6.45) is 4.82. The number of aliphatic imine (C=N–C) groups is 1. The van der Waals surface area contributed by atoms with Crippen LogP contribution in [0, 0.1) is 5.92 Å². The third-order valence-electron chi connectivity index (χ3n) is 4.61. The predicted molar refractivity (Wildman–Crippen MR) is 120 cm³/mol. The Labute approximate surface area is 180 Å². The van der Waals surface area contributed by atoms with Crippen LogP contribution in [-0.4, -0.2) is 85.8 Å². The van der Waals surface area contributed by atoms with E-state index in [1.54, 1.807) is 12.4 Å². The first kappa shape index (κ1) is 23.9. The average Bonchev–Trinajstić information content (AvgIpc) is 2.76. The van der Waals surface area contributed by atoms with E-state index < -0.39 is 0 Å². The number of anilines is 1. The molecule has 9 nitrogen and oxygen atoms in total. The molecule has 168 valence electrons. The van der Waals surface area contributed by atoms with Crippen LogP contribution >= 0.6 is 0 Å². The SMILES string of the molecule is CCNC(=NCCCOCC(C)C)NCCC(=O)N1CCN(c2ncccn2)CC1. The Bertz CT molecular complexity index is 632. The summed E-state index contributed by atoms with van der Waals surface area (Å²) in [7, 11) is 0. The summed E-state index contributed by atoms with van der Waals surface area (Å²) in [6, 6.07) is 1.81. The highest BCUT2D eigenvalue weighted by Crippen LogP contribution is 2.10. The van der Waals surface area contributed by atoms with Gasteiger partial charge in [0.25, 0.3) is 0 Å². The number of ether oxygens (including phenoxy) is 1. The van der Waals surface area contributed by atoms with Crippen LogP contribution in [0.3, 0.4) is 0 Å². The van der Waals surface area contributed by atoms with Crippen LogP contribution < -0.4 is 15.5 Å². The summed E-state index contributed by atoms with van der Waals surface area (Å²) in [5.41, 5.74) is 0. The minimum atomic E-state index is 0.161. The first-order chi connectivity index (χ1) is 14.6. The molecule has 2 N–H and O–H groups in total. The molecule has 1 aromatic rings. The van der Waals surface area contributed by atoms with Gasteiger partial charge < -0.3 is 25.2 Å². The Kier molecular flexibility index (Phi) is 10.9. The Morgan fingerprint density at radius 3 is 2.60 bits per heavy atom. The number of carbonyl (C=O) groups excluding carboxylic acids is 1. The maximum Gasteiger partial charge on any atom is 0.225 e. The fourth-order valence-electron chi connectivity index (χ4n) is 3.07. The van der Waals surface area contributed by atoms with Crippen LogP contribution in [-0.2, 0) is 9.53 Å². The van der Waals surface area contributed by atoms with Crippen LogP contribution in [0.15, 0.2) is 23.5 Å². The van der Waals surface area contributed by atoms with Crippen molar-refractivity contribution in [2.75, 3.05) is 63.9 Å². The van der Waals surface area contributed by atoms with Crippen molar-refractivity contribution in [2.45, 2.75) is 33.6 Å². The molecule has 30 heavy (non-hydrogen) atoms. The van der Waals surface area contributed by atoms with E-state index in [4.69, 9.17) is 4.74 Å². The molecule has 0 aromatic carbocycles. The number of hydrogen-bond acceptors (Lipinski definition) is 6. The molecule has 1 aromatic heterocycles. The number of nitrogens with zero attached hydrogens (tertiary/aromatic N) is 5. The topological polar surface area (TPSA) is 95.0 Å². The summed E-state index contributed by atoms with van der Waals surface area (Å²) in [4.78, 5) is 29.7. The van der Waals surface area contributed by atoms with Gasteiger partial charge in [-0.1, -0.05) is 13.8 Å². The minimum Gasteiger partial charge on any atom is -0.381 e. The number of guanidine groups is 1. The zero-order chi connectivity index (χ0) is 21.6. The fourth-order valence-corrected chi connectivity index (χ4v) is 3.07. The number of aromatic nitrogens is 2. The Morgan fingerprint density at radius 2 is 1.93 bits per heavy atom. The highest BCUT2D eigenvalue weighted by molar-refractivity contribution is 5.81. The van der Waals surface area contributed by atoms with Gasteiger partial charge in [0.15, 0.2) is 5.96 Å². The summed E-state index contributed by atoms with van der Waals surface area (Å²) in [5, 5.41) is 6.48. The lowest BCUT2D eigenvalue weighted by molar-refractivity contribution is -0.131. The number of nitrogens with one attached hydrogen (secondary N) is 2. The van der Waals surface area contributed by atoms with E-state index in [-0.39, 0.29) is 5.91 Å². The first-order valence-corrected chi connectivity index (χ1v) is 11.0. The zero-order valence-electron chi connectivity index (χ0n) is 18.6. The van der Waals surface area contributed by atoms with Crippen LogP contribution in [0.5, 0.6) is 0 Å². The van der Waals surface area contributed by atoms with Crippen molar-refractivity contribution in [3.8, 4) is 0 Å². The highest BCUT2D eigenvalue weighted by atomic mass is 16.5. The molecule has 0 radical (unpaired) electrons. The van der Waals surface area contributed by atoms with Crippen LogP contribution in [0.1, 0.15) is 33.6 Å². The van der Waals surface area contributed by atoms with Crippen molar-refractivity contribution in [1.29, 1.82) is 0 Å². The number of carbonyl (C=O) groups is 1. The van der Waals surface area contributed by atoms with E-state index in [2.05, 4.69) is 44.3 Å². The van der Waals surface area contributed by atoms with Gasteiger partial charge in [-0.2, -0.15) is 0 Å². The molecule has 1 amide bonds. The van der Waals surface area contributed by atoms with Crippen molar-refractivity contribution in [3.63, 3.8) is 0 Å². The lowest BCUT2D eigenvalue weighted by atomic mass is 10.2. The molecule has 0 saturated carbocycles. The maximum atomic E-state index is 12.5. The largest absolute Gasteiger partial charge is 0.381 e. The second-order valence-electron chi connectivity index (χ2n) is 7.68. The first-order valence-electron chi connectivity index (χ1n) is 11.0. The molecule has 1 fully saturated rings. The molecular weight excluding hydrogens is 382 g/mol. The molecule has 0 unspecified atom stereocenters. The summed E-state index contributed by atoms with van der Waals surface area (Å²) < 4.78 is 5.58. The maximum absolute atomic E-state index is 12.5. The van der Waals surface area contributed by atoms with Gasteiger partial charge >= 0.3 is 0 Å². The average molecular weight is 420 g/mol. The molecule has 1 saturated heterocycles. The number of hydrogen-bond donors (Lipinski definition) is 2. The Balaban J connectivity index is 1.64.